The molecular formula is C21H28N2O2. The molecule has 5 rings (SSSR count). The van der Waals surface area contributed by atoms with Crippen molar-refractivity contribution in [2.75, 3.05) is 7.11 Å². The van der Waals surface area contributed by atoms with Gasteiger partial charge in [0.05, 0.1) is 6.21 Å². The number of rotatable bonds is 5. The van der Waals surface area contributed by atoms with Gasteiger partial charge in [-0.3, -0.25) is 4.79 Å². The summed E-state index contributed by atoms with van der Waals surface area (Å²) in [5, 5.41) is 7.06. The summed E-state index contributed by atoms with van der Waals surface area (Å²) in [6.45, 7) is 2.23. The molecule has 1 amide bonds. The van der Waals surface area contributed by atoms with Crippen LogP contribution in [-0.4, -0.2) is 25.3 Å². The monoisotopic (exact) mass is 340 g/mol. The molecule has 4 heteroatoms. The molecular weight excluding hydrogens is 312 g/mol. The molecule has 4 bridgehead atoms. The molecule has 25 heavy (non-hydrogen) atoms. The van der Waals surface area contributed by atoms with Crippen LogP contribution in [-0.2, 0) is 4.84 Å². The zero-order valence-electron chi connectivity index (χ0n) is 15.2. The summed E-state index contributed by atoms with van der Waals surface area (Å²) in [6, 6.07) is 7.76. The minimum absolute atomic E-state index is 0.0403. The topological polar surface area (TPSA) is 50.7 Å². The van der Waals surface area contributed by atoms with Gasteiger partial charge in [-0.1, -0.05) is 17.3 Å². The van der Waals surface area contributed by atoms with Crippen LogP contribution in [0, 0.1) is 23.2 Å². The summed E-state index contributed by atoms with van der Waals surface area (Å²) in [6.07, 6.45) is 9.88. The van der Waals surface area contributed by atoms with E-state index in [0.29, 0.717) is 11.0 Å². The predicted molar refractivity (Wildman–Crippen MR) is 98.6 cm³/mol. The number of hydrogen-bond acceptors (Lipinski definition) is 3. The number of benzene rings is 1. The predicted octanol–water partition coefficient (Wildman–Crippen LogP) is 4.00. The van der Waals surface area contributed by atoms with Gasteiger partial charge < -0.3 is 10.2 Å². The first-order valence-corrected chi connectivity index (χ1v) is 9.55. The van der Waals surface area contributed by atoms with Crippen molar-refractivity contribution < 1.29 is 9.63 Å². The Hall–Kier alpha value is -1.84. The van der Waals surface area contributed by atoms with E-state index in [4.69, 9.17) is 0 Å². The first-order valence-electron chi connectivity index (χ1n) is 9.55. The summed E-state index contributed by atoms with van der Waals surface area (Å²) >= 11 is 0. The van der Waals surface area contributed by atoms with Crippen LogP contribution in [0.2, 0.25) is 0 Å². The third-order valence-corrected chi connectivity index (χ3v) is 6.83. The van der Waals surface area contributed by atoms with Gasteiger partial charge in [0.15, 0.2) is 0 Å². The van der Waals surface area contributed by atoms with E-state index in [1.807, 2.05) is 24.3 Å². The third-order valence-electron chi connectivity index (χ3n) is 6.83. The molecule has 1 aromatic rings. The van der Waals surface area contributed by atoms with Crippen molar-refractivity contribution >= 4 is 12.1 Å². The van der Waals surface area contributed by atoms with E-state index in [1.165, 1.54) is 45.6 Å². The highest BCUT2D eigenvalue weighted by molar-refractivity contribution is 5.95. The molecule has 0 saturated heterocycles. The zero-order chi connectivity index (χ0) is 17.4. The van der Waals surface area contributed by atoms with Crippen molar-refractivity contribution in [3.8, 4) is 0 Å². The van der Waals surface area contributed by atoms with Gasteiger partial charge >= 0.3 is 0 Å². The summed E-state index contributed by atoms with van der Waals surface area (Å²) in [4.78, 5) is 17.4. The Morgan fingerprint density at radius 3 is 2.24 bits per heavy atom. The second kappa shape index (κ2) is 6.47. The van der Waals surface area contributed by atoms with Gasteiger partial charge in [-0.2, -0.15) is 0 Å². The maximum Gasteiger partial charge on any atom is 0.251 e. The van der Waals surface area contributed by atoms with Crippen LogP contribution in [0.1, 0.15) is 61.4 Å². The molecule has 0 aliphatic heterocycles. The molecule has 0 spiro atoms. The van der Waals surface area contributed by atoms with Gasteiger partial charge in [-0.25, -0.2) is 0 Å². The van der Waals surface area contributed by atoms with Gasteiger partial charge in [-0.15, -0.1) is 0 Å². The lowest BCUT2D eigenvalue weighted by Crippen LogP contribution is -2.55. The fourth-order valence-corrected chi connectivity index (χ4v) is 5.98. The van der Waals surface area contributed by atoms with Gasteiger partial charge in [0.25, 0.3) is 5.91 Å². The Bertz CT molecular complexity index is 630. The Kier molecular flexibility index (Phi) is 4.30. The van der Waals surface area contributed by atoms with Gasteiger partial charge in [0, 0.05) is 11.6 Å². The van der Waals surface area contributed by atoms with Crippen molar-refractivity contribution in [1.82, 2.24) is 5.32 Å². The van der Waals surface area contributed by atoms with E-state index in [1.54, 1.807) is 6.21 Å². The number of carbonyl (C=O) groups is 1. The number of nitrogens with zero attached hydrogens (tertiary/aromatic N) is 1. The van der Waals surface area contributed by atoms with Crippen LogP contribution in [0.15, 0.2) is 29.4 Å². The van der Waals surface area contributed by atoms with Crippen molar-refractivity contribution in [3.05, 3.63) is 35.4 Å². The van der Waals surface area contributed by atoms with E-state index >= 15 is 0 Å². The van der Waals surface area contributed by atoms with E-state index in [2.05, 4.69) is 22.2 Å². The van der Waals surface area contributed by atoms with E-state index < -0.39 is 0 Å². The maximum absolute atomic E-state index is 12.7. The first kappa shape index (κ1) is 16.6. The fourth-order valence-electron chi connectivity index (χ4n) is 5.98. The van der Waals surface area contributed by atoms with Crippen molar-refractivity contribution in [2.45, 2.75) is 51.5 Å². The Morgan fingerprint density at radius 2 is 1.72 bits per heavy atom. The molecule has 1 N–H and O–H groups in total. The number of amides is 1. The normalized spacial score (nSPS) is 34.2. The second-order valence-corrected chi connectivity index (χ2v) is 8.51. The van der Waals surface area contributed by atoms with E-state index in [9.17, 15) is 4.79 Å². The number of carbonyl (C=O) groups excluding carboxylic acids is 1. The van der Waals surface area contributed by atoms with Crippen LogP contribution in [0.25, 0.3) is 0 Å². The summed E-state index contributed by atoms with van der Waals surface area (Å²) in [5.74, 6) is 2.76. The summed E-state index contributed by atoms with van der Waals surface area (Å²) < 4.78 is 0. The largest absolute Gasteiger partial charge is 0.399 e. The summed E-state index contributed by atoms with van der Waals surface area (Å²) in [5.41, 5.74) is 1.98. The average Bonchev–Trinajstić information content (AvgIpc) is 2.59. The fraction of sp³-hybridized carbons (Fsp3) is 0.619. The van der Waals surface area contributed by atoms with E-state index in [-0.39, 0.29) is 11.9 Å². The highest BCUT2D eigenvalue weighted by atomic mass is 16.6. The van der Waals surface area contributed by atoms with Gasteiger partial charge in [-0.05, 0) is 86.3 Å². The first-order chi connectivity index (χ1) is 12.1. The molecule has 1 aromatic carbocycles. The number of oxime groups is 1. The number of nitrogens with one attached hydrogen (secondary N) is 1. The minimum Gasteiger partial charge on any atom is -0.399 e. The molecule has 0 heterocycles. The quantitative estimate of drug-likeness (QED) is 0.650. The van der Waals surface area contributed by atoms with Crippen LogP contribution in [0.3, 0.4) is 0 Å². The molecule has 1 unspecified atom stereocenters. The third kappa shape index (κ3) is 3.19. The van der Waals surface area contributed by atoms with Crippen LogP contribution >= 0.6 is 0 Å². The highest BCUT2D eigenvalue weighted by Gasteiger charge is 2.53. The van der Waals surface area contributed by atoms with Crippen LogP contribution < -0.4 is 5.32 Å². The Balaban J connectivity index is 1.43. The highest BCUT2D eigenvalue weighted by Crippen LogP contribution is 2.61. The standard InChI is InChI=1S/C21H28N2O2/c1-14(21-10-16-7-17(11-21)9-18(8-16)12-21)23-20(24)19-5-3-15(4-6-19)13-22-25-2/h3-6,13-14,16-18H,7-12H2,1-2H3,(H,23,24)/b22-13+. The minimum atomic E-state index is 0.0403. The molecule has 1 atom stereocenters. The smallest absolute Gasteiger partial charge is 0.251 e. The Morgan fingerprint density at radius 1 is 1.16 bits per heavy atom. The summed E-state index contributed by atoms with van der Waals surface area (Å²) in [7, 11) is 1.52. The molecule has 0 radical (unpaired) electrons. The lowest BCUT2D eigenvalue weighted by atomic mass is 9.48. The van der Waals surface area contributed by atoms with Crippen molar-refractivity contribution in [2.24, 2.45) is 28.3 Å². The SMILES string of the molecule is CO/N=C/c1ccc(C(=O)NC(C)C23CC4CC(CC(C4)C2)C3)cc1. The van der Waals surface area contributed by atoms with Crippen LogP contribution in [0.4, 0.5) is 0 Å². The zero-order valence-corrected chi connectivity index (χ0v) is 15.2. The van der Waals surface area contributed by atoms with Crippen molar-refractivity contribution in [1.29, 1.82) is 0 Å². The average molecular weight is 340 g/mol. The lowest BCUT2D eigenvalue weighted by molar-refractivity contribution is -0.0688. The van der Waals surface area contributed by atoms with Gasteiger partial charge in [0.2, 0.25) is 0 Å². The lowest BCUT2D eigenvalue weighted by Gasteiger charge is -2.59. The molecule has 4 nitrogen and oxygen atoms in total. The van der Waals surface area contributed by atoms with Crippen molar-refractivity contribution in [3.63, 3.8) is 0 Å². The molecule has 0 aromatic heterocycles. The molecule has 4 fully saturated rings. The molecule has 4 aliphatic rings. The second-order valence-electron chi connectivity index (χ2n) is 8.51. The number of hydrogen-bond donors (Lipinski definition) is 1. The molecule has 134 valence electrons. The maximum atomic E-state index is 12.7. The van der Waals surface area contributed by atoms with Crippen LogP contribution in [0.5, 0.6) is 0 Å². The van der Waals surface area contributed by atoms with Gasteiger partial charge in [0.1, 0.15) is 7.11 Å². The van der Waals surface area contributed by atoms with E-state index in [0.717, 1.165) is 23.3 Å². The molecule has 4 saturated carbocycles. The molecule has 4 aliphatic carbocycles. The Labute approximate surface area is 150 Å².